The fraction of sp³-hybridized carbons (Fsp3) is 0.350. The van der Waals surface area contributed by atoms with Crippen LogP contribution in [-0.4, -0.2) is 43.3 Å². The molecule has 0 unspecified atom stereocenters. The van der Waals surface area contributed by atoms with Gasteiger partial charge in [0.25, 0.3) is 0 Å². The van der Waals surface area contributed by atoms with Gasteiger partial charge in [0, 0.05) is 24.6 Å². The van der Waals surface area contributed by atoms with Gasteiger partial charge in [-0.25, -0.2) is 4.39 Å². The Hall–Kier alpha value is -2.80. The van der Waals surface area contributed by atoms with Gasteiger partial charge in [0.2, 0.25) is 12.5 Å². The third-order valence-electron chi connectivity index (χ3n) is 5.23. The average Bonchev–Trinajstić information content (AvgIpc) is 3.15. The van der Waals surface area contributed by atoms with E-state index in [2.05, 4.69) is 10.1 Å². The number of nitrogens with zero attached hydrogens (tertiary/aromatic N) is 2. The van der Waals surface area contributed by atoms with Crippen LogP contribution in [0.5, 0.6) is 17.2 Å². The summed E-state index contributed by atoms with van der Waals surface area (Å²) in [6.07, 6.45) is 1.30. The molecule has 2 aromatic rings. The van der Waals surface area contributed by atoms with Crippen molar-refractivity contribution in [3.63, 3.8) is 0 Å². The van der Waals surface area contributed by atoms with E-state index in [0.29, 0.717) is 34.9 Å². The highest BCUT2D eigenvalue weighted by Gasteiger charge is 2.34. The van der Waals surface area contributed by atoms with Crippen LogP contribution in [0.25, 0.3) is 0 Å². The molecule has 27 heavy (non-hydrogen) atoms. The minimum absolute atomic E-state index is 0.0749. The third kappa shape index (κ3) is 3.08. The van der Waals surface area contributed by atoms with Gasteiger partial charge in [0.05, 0.1) is 12.8 Å². The molecule has 4 rings (SSSR count). The Bertz CT molecular complexity index is 883. The van der Waals surface area contributed by atoms with Gasteiger partial charge in [-0.2, -0.15) is 0 Å². The zero-order valence-corrected chi connectivity index (χ0v) is 15.2. The van der Waals surface area contributed by atoms with Crippen LogP contribution >= 0.6 is 0 Å². The monoisotopic (exact) mass is 372 g/mol. The zero-order valence-electron chi connectivity index (χ0n) is 15.2. The van der Waals surface area contributed by atoms with E-state index in [9.17, 15) is 9.60 Å². The lowest BCUT2D eigenvalue weighted by molar-refractivity contribution is 0.170. The molecule has 2 aliphatic rings. The number of ether oxygens (including phenoxy) is 3. The van der Waals surface area contributed by atoms with E-state index >= 15 is 0 Å². The predicted octanol–water partition coefficient (Wildman–Crippen LogP) is 3.36. The van der Waals surface area contributed by atoms with Crippen LogP contribution in [0.15, 0.2) is 35.5 Å². The quantitative estimate of drug-likeness (QED) is 0.507. The number of hydrogen-bond acceptors (Lipinski definition) is 6. The molecule has 142 valence electrons. The summed E-state index contributed by atoms with van der Waals surface area (Å²) in [6.45, 7) is 1.02. The first-order chi connectivity index (χ1) is 13.1. The average molecular weight is 372 g/mol. The van der Waals surface area contributed by atoms with Crippen molar-refractivity contribution in [1.29, 1.82) is 0 Å². The van der Waals surface area contributed by atoms with E-state index in [1.54, 1.807) is 19.2 Å². The van der Waals surface area contributed by atoms with Crippen LogP contribution in [0.3, 0.4) is 0 Å². The van der Waals surface area contributed by atoms with Crippen molar-refractivity contribution in [2.75, 3.05) is 27.5 Å². The predicted molar refractivity (Wildman–Crippen MR) is 97.5 cm³/mol. The molecule has 6 nitrogen and oxygen atoms in total. The fourth-order valence-electron chi connectivity index (χ4n) is 3.82. The molecule has 0 radical (unpaired) electrons. The summed E-state index contributed by atoms with van der Waals surface area (Å²) < 4.78 is 30.1. The van der Waals surface area contributed by atoms with Gasteiger partial charge in [-0.15, -0.1) is 0 Å². The fourth-order valence-corrected chi connectivity index (χ4v) is 3.82. The normalized spacial score (nSPS) is 19.1. The van der Waals surface area contributed by atoms with Crippen molar-refractivity contribution in [3.05, 3.63) is 52.8 Å². The highest BCUT2D eigenvalue weighted by molar-refractivity contribution is 6.00. The Labute approximate surface area is 156 Å². The van der Waals surface area contributed by atoms with E-state index in [0.717, 1.165) is 24.1 Å². The van der Waals surface area contributed by atoms with E-state index in [4.69, 9.17) is 14.2 Å². The number of likely N-dealkylation sites (N-methyl/N-ethyl adjacent to an activating group) is 1. The summed E-state index contributed by atoms with van der Waals surface area (Å²) in [5, 5.41) is 13.1. The van der Waals surface area contributed by atoms with Crippen molar-refractivity contribution in [1.82, 2.24) is 4.90 Å². The molecule has 0 saturated heterocycles. The Balaban J connectivity index is 1.75. The minimum atomic E-state index is -0.328. The molecule has 0 aliphatic carbocycles. The summed E-state index contributed by atoms with van der Waals surface area (Å²) in [4.78, 5) is 2.20. The van der Waals surface area contributed by atoms with E-state index in [1.165, 1.54) is 12.1 Å². The van der Waals surface area contributed by atoms with Gasteiger partial charge >= 0.3 is 0 Å². The Morgan fingerprint density at radius 3 is 2.81 bits per heavy atom. The van der Waals surface area contributed by atoms with Crippen LogP contribution in [0.2, 0.25) is 0 Å². The maximum Gasteiger partial charge on any atom is 0.231 e. The molecule has 0 fully saturated rings. The standard InChI is InChI=1S/C20H21FN2O4/c1-23-8-7-13-9-17-19(27-11-26-17)20(25-2)18(13)16(23)10-15(22-24)12-3-5-14(21)6-4-12/h3-6,9,16,24H,7-8,10-11H2,1-2H3/b22-15+/t16-/m1/s1. The number of halogens is 1. The number of benzene rings is 2. The SMILES string of the molecule is COc1c2c(cc3c1[C@@H](C/C(=N\O)c1ccc(F)cc1)N(C)CC3)OCO2. The van der Waals surface area contributed by atoms with E-state index in [1.807, 2.05) is 13.1 Å². The van der Waals surface area contributed by atoms with E-state index in [-0.39, 0.29) is 18.7 Å². The number of fused-ring (bicyclic) bond motifs is 2. The van der Waals surface area contributed by atoms with Gasteiger partial charge in [-0.05, 0) is 42.8 Å². The summed E-state index contributed by atoms with van der Waals surface area (Å²) in [6, 6.07) is 7.88. The molecular weight excluding hydrogens is 351 g/mol. The molecule has 0 saturated carbocycles. The van der Waals surface area contributed by atoms with Crippen LogP contribution < -0.4 is 14.2 Å². The lowest BCUT2D eigenvalue weighted by Crippen LogP contribution is -2.34. The van der Waals surface area contributed by atoms with Crippen LogP contribution in [0.1, 0.15) is 29.2 Å². The second-order valence-electron chi connectivity index (χ2n) is 6.72. The highest BCUT2D eigenvalue weighted by Crippen LogP contribution is 2.50. The van der Waals surface area contributed by atoms with Crippen molar-refractivity contribution < 1.29 is 23.8 Å². The Kier molecular flexibility index (Phi) is 4.61. The number of rotatable bonds is 4. The van der Waals surface area contributed by atoms with Crippen LogP contribution in [0.4, 0.5) is 4.39 Å². The smallest absolute Gasteiger partial charge is 0.231 e. The number of methoxy groups -OCH3 is 1. The van der Waals surface area contributed by atoms with Gasteiger partial charge in [0.1, 0.15) is 5.82 Å². The first-order valence-electron chi connectivity index (χ1n) is 8.78. The zero-order chi connectivity index (χ0) is 19.0. The molecule has 2 aliphatic heterocycles. The molecule has 1 N–H and O–H groups in total. The summed E-state index contributed by atoms with van der Waals surface area (Å²) in [7, 11) is 3.64. The molecule has 0 aromatic heterocycles. The summed E-state index contributed by atoms with van der Waals surface area (Å²) in [5.74, 6) is 1.64. The largest absolute Gasteiger partial charge is 0.492 e. The van der Waals surface area contributed by atoms with Gasteiger partial charge < -0.3 is 19.4 Å². The Morgan fingerprint density at radius 1 is 1.33 bits per heavy atom. The topological polar surface area (TPSA) is 63.5 Å². The van der Waals surface area contributed by atoms with Gasteiger partial charge in [0.15, 0.2) is 11.5 Å². The van der Waals surface area contributed by atoms with Crippen molar-refractivity contribution in [2.45, 2.75) is 18.9 Å². The lowest BCUT2D eigenvalue weighted by atomic mass is 9.87. The van der Waals surface area contributed by atoms with Crippen molar-refractivity contribution in [2.24, 2.45) is 5.16 Å². The van der Waals surface area contributed by atoms with Crippen molar-refractivity contribution in [3.8, 4) is 17.2 Å². The highest BCUT2D eigenvalue weighted by atomic mass is 19.1. The molecule has 0 bridgehead atoms. The van der Waals surface area contributed by atoms with Crippen LogP contribution in [0, 0.1) is 5.82 Å². The first-order valence-corrected chi connectivity index (χ1v) is 8.78. The number of oxime groups is 1. The second kappa shape index (κ2) is 7.08. The number of hydrogen-bond donors (Lipinski definition) is 1. The lowest BCUT2D eigenvalue weighted by Gasteiger charge is -2.36. The Morgan fingerprint density at radius 2 is 2.11 bits per heavy atom. The summed E-state index contributed by atoms with van der Waals surface area (Å²) in [5.41, 5.74) is 3.31. The summed E-state index contributed by atoms with van der Waals surface area (Å²) >= 11 is 0. The molecule has 0 amide bonds. The molecule has 2 aromatic carbocycles. The maximum atomic E-state index is 13.2. The maximum absolute atomic E-state index is 13.2. The van der Waals surface area contributed by atoms with Gasteiger partial charge in [-0.1, -0.05) is 17.3 Å². The molecule has 2 heterocycles. The third-order valence-corrected chi connectivity index (χ3v) is 5.23. The molecule has 7 heteroatoms. The molecule has 0 spiro atoms. The molecule has 1 atom stereocenters. The minimum Gasteiger partial charge on any atom is -0.492 e. The second-order valence-corrected chi connectivity index (χ2v) is 6.72. The van der Waals surface area contributed by atoms with Crippen molar-refractivity contribution >= 4 is 5.71 Å². The van der Waals surface area contributed by atoms with E-state index < -0.39 is 0 Å². The van der Waals surface area contributed by atoms with Crippen LogP contribution in [-0.2, 0) is 6.42 Å². The molecular formula is C20H21FN2O4. The van der Waals surface area contributed by atoms with Gasteiger partial charge in [-0.3, -0.25) is 4.90 Å². The first kappa shape index (κ1) is 17.6.